The average molecular weight is 310 g/mol. The first kappa shape index (κ1) is 14.2. The van der Waals surface area contributed by atoms with E-state index < -0.39 is 0 Å². The highest BCUT2D eigenvalue weighted by molar-refractivity contribution is 5.98. The molecule has 4 rings (SSSR count). The van der Waals surface area contributed by atoms with E-state index in [0.29, 0.717) is 17.7 Å². The Morgan fingerprint density at radius 3 is 2.62 bits per heavy atom. The first-order chi connectivity index (χ1) is 11.8. The molecule has 0 atom stereocenters. The van der Waals surface area contributed by atoms with Crippen LogP contribution in [-0.2, 0) is 6.54 Å². The molecule has 0 aliphatic heterocycles. The summed E-state index contributed by atoms with van der Waals surface area (Å²) in [5.41, 5.74) is 3.31. The Morgan fingerprint density at radius 2 is 1.83 bits per heavy atom. The maximum absolute atomic E-state index is 11.4. The fraction of sp³-hybridized carbons (Fsp3) is 0.0476. The van der Waals surface area contributed by atoms with Gasteiger partial charge in [-0.25, -0.2) is 0 Å². The van der Waals surface area contributed by atoms with Gasteiger partial charge < -0.3 is 4.57 Å². The van der Waals surface area contributed by atoms with Crippen LogP contribution in [0, 0.1) is 11.3 Å². The summed E-state index contributed by atoms with van der Waals surface area (Å²) in [5.74, 6) is 0. The number of hydrogen-bond donors (Lipinski definition) is 0. The topological polar surface area (TPSA) is 45.8 Å². The van der Waals surface area contributed by atoms with Crippen molar-refractivity contribution in [3.05, 3.63) is 83.6 Å². The molecule has 3 aromatic carbocycles. The minimum Gasteiger partial charge on any atom is -0.342 e. The van der Waals surface area contributed by atoms with Gasteiger partial charge in [0.1, 0.15) is 0 Å². The van der Waals surface area contributed by atoms with Gasteiger partial charge in [0.15, 0.2) is 6.29 Å². The molecule has 1 aromatic heterocycles. The SMILES string of the molecule is N#Cc1ccc2c(c1)c(C=O)cn2Cc1ccc2ccccc2c1. The number of carbonyl (C=O) groups is 1. The number of aromatic nitrogens is 1. The minimum atomic E-state index is 0.564. The fourth-order valence-electron chi connectivity index (χ4n) is 3.15. The molecule has 114 valence electrons. The maximum atomic E-state index is 11.4. The quantitative estimate of drug-likeness (QED) is 0.522. The van der Waals surface area contributed by atoms with Crippen molar-refractivity contribution in [2.45, 2.75) is 6.54 Å². The van der Waals surface area contributed by atoms with Gasteiger partial charge in [0, 0.05) is 29.2 Å². The Balaban J connectivity index is 1.81. The van der Waals surface area contributed by atoms with Crippen molar-refractivity contribution >= 4 is 28.0 Å². The molecule has 3 heteroatoms. The van der Waals surface area contributed by atoms with Crippen molar-refractivity contribution in [2.75, 3.05) is 0 Å². The summed E-state index contributed by atoms with van der Waals surface area (Å²) in [5, 5.41) is 12.3. The number of nitriles is 1. The van der Waals surface area contributed by atoms with Gasteiger partial charge in [0.2, 0.25) is 0 Å². The Morgan fingerprint density at radius 1 is 1.00 bits per heavy atom. The van der Waals surface area contributed by atoms with Crippen LogP contribution in [-0.4, -0.2) is 10.9 Å². The lowest BCUT2D eigenvalue weighted by atomic mass is 10.1. The smallest absolute Gasteiger partial charge is 0.152 e. The first-order valence-electron chi connectivity index (χ1n) is 7.74. The summed E-state index contributed by atoms with van der Waals surface area (Å²) in [6.45, 7) is 0.682. The summed E-state index contributed by atoms with van der Waals surface area (Å²) < 4.78 is 2.06. The van der Waals surface area contributed by atoms with Crippen molar-refractivity contribution in [2.24, 2.45) is 0 Å². The highest BCUT2D eigenvalue weighted by Gasteiger charge is 2.09. The average Bonchev–Trinajstić information content (AvgIpc) is 2.98. The van der Waals surface area contributed by atoms with Crippen molar-refractivity contribution in [1.82, 2.24) is 4.57 Å². The summed E-state index contributed by atoms with van der Waals surface area (Å²) in [6, 6.07) is 22.2. The number of rotatable bonds is 3. The third-order valence-electron chi connectivity index (χ3n) is 4.33. The Hall–Kier alpha value is -3.38. The lowest BCUT2D eigenvalue weighted by Crippen LogP contribution is -1.97. The molecule has 0 N–H and O–H groups in total. The number of nitrogens with zero attached hydrogens (tertiary/aromatic N) is 2. The van der Waals surface area contributed by atoms with Gasteiger partial charge in [-0.15, -0.1) is 0 Å². The van der Waals surface area contributed by atoms with E-state index in [2.05, 4.69) is 41.0 Å². The molecule has 0 amide bonds. The zero-order valence-electron chi connectivity index (χ0n) is 12.9. The monoisotopic (exact) mass is 310 g/mol. The van der Waals surface area contributed by atoms with Gasteiger partial charge in [-0.3, -0.25) is 4.79 Å². The van der Waals surface area contributed by atoms with Crippen LogP contribution in [0.15, 0.2) is 66.9 Å². The van der Waals surface area contributed by atoms with Crippen molar-refractivity contribution in [1.29, 1.82) is 5.26 Å². The molecule has 3 nitrogen and oxygen atoms in total. The Labute approximate surface area is 139 Å². The second-order valence-electron chi connectivity index (χ2n) is 5.86. The van der Waals surface area contributed by atoms with Crippen LogP contribution in [0.4, 0.5) is 0 Å². The van der Waals surface area contributed by atoms with Crippen LogP contribution < -0.4 is 0 Å². The molecule has 0 saturated heterocycles. The van der Waals surface area contributed by atoms with Gasteiger partial charge in [-0.05, 0) is 40.6 Å². The molecule has 0 saturated carbocycles. The van der Waals surface area contributed by atoms with E-state index in [1.165, 1.54) is 16.3 Å². The van der Waals surface area contributed by atoms with Gasteiger partial charge in [-0.2, -0.15) is 5.26 Å². The van der Waals surface area contributed by atoms with Crippen molar-refractivity contribution < 1.29 is 4.79 Å². The third-order valence-corrected chi connectivity index (χ3v) is 4.33. The summed E-state index contributed by atoms with van der Waals surface area (Å²) in [7, 11) is 0. The Bertz CT molecular complexity index is 1120. The van der Waals surface area contributed by atoms with E-state index in [1.807, 2.05) is 24.4 Å². The highest BCUT2D eigenvalue weighted by atomic mass is 16.1. The molecule has 24 heavy (non-hydrogen) atoms. The third kappa shape index (κ3) is 2.35. The van der Waals surface area contributed by atoms with E-state index in [9.17, 15) is 4.79 Å². The summed E-state index contributed by atoms with van der Waals surface area (Å²) in [4.78, 5) is 11.4. The zero-order chi connectivity index (χ0) is 16.5. The van der Waals surface area contributed by atoms with Crippen LogP contribution in [0.1, 0.15) is 21.5 Å². The molecule has 4 aromatic rings. The summed E-state index contributed by atoms with van der Waals surface area (Å²) >= 11 is 0. The number of fused-ring (bicyclic) bond motifs is 2. The molecular weight excluding hydrogens is 296 g/mol. The fourth-order valence-corrected chi connectivity index (χ4v) is 3.15. The van der Waals surface area contributed by atoms with E-state index in [1.54, 1.807) is 12.1 Å². The normalized spacial score (nSPS) is 10.8. The molecular formula is C21H14N2O. The lowest BCUT2D eigenvalue weighted by Gasteiger charge is -2.07. The Kier molecular flexibility index (Phi) is 3.36. The van der Waals surface area contributed by atoms with Crippen LogP contribution >= 0.6 is 0 Å². The van der Waals surface area contributed by atoms with E-state index >= 15 is 0 Å². The number of aldehydes is 1. The molecule has 0 aliphatic rings. The van der Waals surface area contributed by atoms with Crippen molar-refractivity contribution in [3.8, 4) is 6.07 Å². The van der Waals surface area contributed by atoms with Crippen LogP contribution in [0.3, 0.4) is 0 Å². The minimum absolute atomic E-state index is 0.564. The van der Waals surface area contributed by atoms with Gasteiger partial charge in [0.05, 0.1) is 11.6 Å². The molecule has 0 bridgehead atoms. The standard InChI is InChI=1S/C21H14N2O/c22-11-15-6-8-21-20(10-15)19(14-24)13-23(21)12-16-5-7-17-3-1-2-4-18(17)9-16/h1-10,13-14H,12H2. The predicted molar refractivity (Wildman–Crippen MR) is 95.1 cm³/mol. The molecule has 0 unspecified atom stereocenters. The van der Waals surface area contributed by atoms with Crippen LogP contribution in [0.5, 0.6) is 0 Å². The van der Waals surface area contributed by atoms with Crippen molar-refractivity contribution in [3.63, 3.8) is 0 Å². The maximum Gasteiger partial charge on any atom is 0.152 e. The zero-order valence-corrected chi connectivity index (χ0v) is 12.9. The first-order valence-corrected chi connectivity index (χ1v) is 7.74. The van der Waals surface area contributed by atoms with E-state index in [0.717, 1.165) is 17.2 Å². The van der Waals surface area contributed by atoms with Crippen LogP contribution in [0.25, 0.3) is 21.7 Å². The highest BCUT2D eigenvalue weighted by Crippen LogP contribution is 2.24. The molecule has 0 spiro atoms. The van der Waals surface area contributed by atoms with Gasteiger partial charge in [-0.1, -0.05) is 36.4 Å². The van der Waals surface area contributed by atoms with E-state index in [-0.39, 0.29) is 0 Å². The molecule has 0 radical (unpaired) electrons. The second kappa shape index (κ2) is 5.68. The summed E-state index contributed by atoms with van der Waals surface area (Å²) in [6.07, 6.45) is 2.70. The van der Waals surface area contributed by atoms with Gasteiger partial charge >= 0.3 is 0 Å². The number of carbonyl (C=O) groups excluding carboxylic acids is 1. The number of hydrogen-bond acceptors (Lipinski definition) is 2. The molecule has 0 aliphatic carbocycles. The lowest BCUT2D eigenvalue weighted by molar-refractivity contribution is 0.112. The van der Waals surface area contributed by atoms with Crippen LogP contribution in [0.2, 0.25) is 0 Å². The number of benzene rings is 3. The van der Waals surface area contributed by atoms with E-state index in [4.69, 9.17) is 5.26 Å². The second-order valence-corrected chi connectivity index (χ2v) is 5.86. The molecule has 1 heterocycles. The predicted octanol–water partition coefficient (Wildman–Crippen LogP) is 4.53. The molecule has 0 fully saturated rings. The largest absolute Gasteiger partial charge is 0.342 e. The van der Waals surface area contributed by atoms with Gasteiger partial charge in [0.25, 0.3) is 0 Å².